The highest BCUT2D eigenvalue weighted by molar-refractivity contribution is 7.47. The lowest BCUT2D eigenvalue weighted by molar-refractivity contribution is -0.216. The van der Waals surface area contributed by atoms with Crippen LogP contribution in [0.2, 0.25) is 0 Å². The number of rotatable bonds is 40. The Labute approximate surface area is 427 Å². The molecule has 0 aromatic heterocycles. The van der Waals surface area contributed by atoms with Crippen molar-refractivity contribution >= 4 is 27.6 Å². The lowest BCUT2D eigenvalue weighted by Crippen LogP contribution is -2.64. The van der Waals surface area contributed by atoms with Crippen LogP contribution in [-0.4, -0.2) is 114 Å². The maximum Gasteiger partial charge on any atom is 0.472 e. The van der Waals surface area contributed by atoms with Crippen LogP contribution in [0.3, 0.4) is 0 Å². The van der Waals surface area contributed by atoms with Crippen molar-refractivity contribution in [3.63, 3.8) is 0 Å². The minimum atomic E-state index is -5.39. The van der Waals surface area contributed by atoms with E-state index in [4.69, 9.17) is 18.5 Å². The highest BCUT2D eigenvalue weighted by Gasteiger charge is 2.54. The van der Waals surface area contributed by atoms with Gasteiger partial charge in [-0.3, -0.25) is 23.2 Å². The van der Waals surface area contributed by atoms with Crippen molar-refractivity contribution in [1.82, 2.24) is 0 Å². The molecule has 1 saturated carbocycles. The molecule has 0 bridgehead atoms. The van der Waals surface area contributed by atoms with Crippen LogP contribution >= 0.6 is 15.6 Å². The first-order valence-electron chi connectivity index (χ1n) is 25.2. The molecule has 0 amide bonds. The fraction of sp³-hybridized carbons (Fsp3) is 0.585. The van der Waals surface area contributed by atoms with Gasteiger partial charge in [0.2, 0.25) is 0 Å². The van der Waals surface area contributed by atoms with Crippen LogP contribution in [0.25, 0.3) is 0 Å². The number of phosphoric ester groups is 2. The number of hydrogen-bond acceptors (Lipinski definition) is 14. The Morgan fingerprint density at radius 1 is 0.528 bits per heavy atom. The van der Waals surface area contributed by atoms with E-state index in [-0.39, 0.29) is 19.3 Å². The summed E-state index contributed by atoms with van der Waals surface area (Å²) in [6, 6.07) is 0. The molecule has 1 fully saturated rings. The van der Waals surface area contributed by atoms with E-state index >= 15 is 0 Å². The van der Waals surface area contributed by atoms with Gasteiger partial charge in [-0.15, -0.1) is 0 Å². The van der Waals surface area contributed by atoms with E-state index in [2.05, 4.69) is 79.1 Å². The summed E-state index contributed by atoms with van der Waals surface area (Å²) in [5, 5.41) is 51.3. The predicted octanol–water partition coefficient (Wildman–Crippen LogP) is 9.25. The molecule has 1 aliphatic rings. The molecule has 19 heteroatoms. The molecule has 8 N–H and O–H groups in total. The molecule has 72 heavy (non-hydrogen) atoms. The standard InChI is InChI=1S/C53H84O17P2/c1-3-5-7-9-11-12-13-14-15-16-17-18-19-20-21-25-28-32-36-40-46(55)66-42-45(43-67-72(64,65)70-53-50(59)48(57)49(58)52(51(53)60)69-71(61,62)63)68-47(56)41-37-33-29-26-23-22-24-27-31-35-39-44(54)38-34-30-10-8-6-4-2/h6,8,11-12,14-15,17-18,20-23,27,29-31,33-35,39,44-45,48-54,57-60H,3-5,7,9-10,13,16,19,24-26,28,32,36-38,40-43H2,1-2H3,(H,64,65)(H2,61,62,63)/b8-6-,12-11-,15-14-,18-17-,21-20-,23-22-,31-27-,33-29-,34-30-,39-35+/t44?,45-,48?,49?,50?,51?,52-,53+/m1/s1. The molecule has 6 unspecified atom stereocenters. The van der Waals surface area contributed by atoms with Crippen LogP contribution in [0.15, 0.2) is 122 Å². The predicted molar refractivity (Wildman–Crippen MR) is 279 cm³/mol. The molecular formula is C53H84O17P2. The van der Waals surface area contributed by atoms with Gasteiger partial charge in [0.25, 0.3) is 0 Å². The van der Waals surface area contributed by atoms with E-state index in [1.807, 2.05) is 42.5 Å². The van der Waals surface area contributed by atoms with E-state index in [0.717, 1.165) is 57.8 Å². The lowest BCUT2D eigenvalue weighted by Gasteiger charge is -2.43. The molecular weight excluding hydrogens is 971 g/mol. The molecule has 408 valence electrons. The van der Waals surface area contributed by atoms with Crippen molar-refractivity contribution in [2.75, 3.05) is 13.2 Å². The molecule has 0 spiro atoms. The summed E-state index contributed by atoms with van der Waals surface area (Å²) in [4.78, 5) is 54.4. The van der Waals surface area contributed by atoms with E-state index in [0.29, 0.717) is 25.7 Å². The maximum atomic E-state index is 13.0. The highest BCUT2D eigenvalue weighted by atomic mass is 31.2. The van der Waals surface area contributed by atoms with Crippen molar-refractivity contribution < 1.29 is 82.0 Å². The smallest absolute Gasteiger partial charge is 0.462 e. The Balaban J connectivity index is 2.67. The minimum absolute atomic E-state index is 0.0494. The monoisotopic (exact) mass is 1050 g/mol. The summed E-state index contributed by atoms with van der Waals surface area (Å²) >= 11 is 0. The number of aliphatic hydroxyl groups excluding tert-OH is 5. The van der Waals surface area contributed by atoms with Crippen LogP contribution in [0.1, 0.15) is 136 Å². The third kappa shape index (κ3) is 35.5. The molecule has 1 aliphatic carbocycles. The first kappa shape index (κ1) is 66.4. The second kappa shape index (κ2) is 41.7. The van der Waals surface area contributed by atoms with Gasteiger partial charge in [0.1, 0.15) is 43.2 Å². The fourth-order valence-corrected chi connectivity index (χ4v) is 8.24. The van der Waals surface area contributed by atoms with Crippen molar-refractivity contribution in [3.8, 4) is 0 Å². The highest BCUT2D eigenvalue weighted by Crippen LogP contribution is 2.49. The zero-order chi connectivity index (χ0) is 53.3. The van der Waals surface area contributed by atoms with Gasteiger partial charge in [-0.05, 0) is 89.9 Å². The third-order valence-electron chi connectivity index (χ3n) is 10.6. The normalized spacial score (nSPS) is 22.2. The Morgan fingerprint density at radius 3 is 1.61 bits per heavy atom. The number of allylic oxidation sites excluding steroid dienone is 18. The summed E-state index contributed by atoms with van der Waals surface area (Å²) in [5.41, 5.74) is 0. The second-order valence-corrected chi connectivity index (χ2v) is 19.6. The van der Waals surface area contributed by atoms with Crippen molar-refractivity contribution in [2.24, 2.45) is 0 Å². The van der Waals surface area contributed by atoms with E-state index in [1.165, 1.54) is 19.3 Å². The quantitative estimate of drug-likeness (QED) is 0.00933. The lowest BCUT2D eigenvalue weighted by atomic mass is 9.85. The first-order valence-corrected chi connectivity index (χ1v) is 28.2. The van der Waals surface area contributed by atoms with Crippen LogP contribution in [0, 0.1) is 0 Å². The van der Waals surface area contributed by atoms with Gasteiger partial charge in [0, 0.05) is 12.8 Å². The molecule has 9 atom stereocenters. The topological polar surface area (TPSA) is 276 Å². The maximum absolute atomic E-state index is 13.0. The molecule has 1 rings (SSSR count). The van der Waals surface area contributed by atoms with Gasteiger partial charge < -0.3 is 49.7 Å². The van der Waals surface area contributed by atoms with E-state index < -0.39 is 89.6 Å². The number of aliphatic hydroxyl groups is 5. The summed E-state index contributed by atoms with van der Waals surface area (Å²) < 4.78 is 49.3. The Bertz CT molecular complexity index is 1860. The molecule has 0 heterocycles. The Hall–Kier alpha value is -3.64. The van der Waals surface area contributed by atoms with Gasteiger partial charge in [-0.2, -0.15) is 0 Å². The number of esters is 2. The number of carbonyl (C=O) groups excluding carboxylic acids is 2. The average Bonchev–Trinajstić information content (AvgIpc) is 3.33. The summed E-state index contributed by atoms with van der Waals surface area (Å²) in [5.74, 6) is -1.38. The molecule has 0 aliphatic heterocycles. The second-order valence-electron chi connectivity index (χ2n) is 17.0. The zero-order valence-electron chi connectivity index (χ0n) is 42.2. The van der Waals surface area contributed by atoms with Gasteiger partial charge in [-0.25, -0.2) is 9.13 Å². The molecule has 0 saturated heterocycles. The molecule has 0 aromatic carbocycles. The van der Waals surface area contributed by atoms with Crippen LogP contribution in [0.5, 0.6) is 0 Å². The summed E-state index contributed by atoms with van der Waals surface area (Å²) in [7, 11) is -10.8. The van der Waals surface area contributed by atoms with Crippen LogP contribution in [0.4, 0.5) is 0 Å². The van der Waals surface area contributed by atoms with Gasteiger partial charge in [0.15, 0.2) is 6.10 Å². The Kier molecular flexibility index (Phi) is 38.4. The minimum Gasteiger partial charge on any atom is -0.462 e. The van der Waals surface area contributed by atoms with Crippen molar-refractivity contribution in [2.45, 2.75) is 185 Å². The number of ether oxygens (including phenoxy) is 2. The number of hydrogen-bond donors (Lipinski definition) is 8. The summed E-state index contributed by atoms with van der Waals surface area (Å²) in [6.45, 7) is 2.81. The van der Waals surface area contributed by atoms with Crippen LogP contribution < -0.4 is 0 Å². The SMILES string of the molecule is CC/C=C\C/C=C\CC(O)/C=C/C=C\C/C=C\C/C=C\CCC(=O)O[C@H](COC(=O)CCCCC/C=C\C/C=C\C/C=C\C/C=C\CCCCC)COP(=O)(O)O[C@H]1C(O)C(O)C(O)[C@@H](OP(=O)(O)O)C1O. The number of carbonyl (C=O) groups is 2. The van der Waals surface area contributed by atoms with Crippen molar-refractivity contribution in [3.05, 3.63) is 122 Å². The average molecular weight is 1060 g/mol. The van der Waals surface area contributed by atoms with Crippen molar-refractivity contribution in [1.29, 1.82) is 0 Å². The van der Waals surface area contributed by atoms with Gasteiger partial charge in [0.05, 0.1) is 12.7 Å². The first-order chi connectivity index (χ1) is 34.5. The largest absolute Gasteiger partial charge is 0.472 e. The third-order valence-corrected chi connectivity index (χ3v) is 12.1. The summed E-state index contributed by atoms with van der Waals surface area (Å²) in [6.07, 6.45) is 38.9. The molecule has 0 radical (unpaired) electrons. The van der Waals surface area contributed by atoms with Gasteiger partial charge in [-0.1, -0.05) is 155 Å². The van der Waals surface area contributed by atoms with E-state index in [1.54, 1.807) is 18.2 Å². The molecule has 17 nitrogen and oxygen atoms in total. The Morgan fingerprint density at radius 2 is 1.04 bits per heavy atom. The van der Waals surface area contributed by atoms with E-state index in [9.17, 15) is 58.9 Å². The number of unbranched alkanes of at least 4 members (excludes halogenated alkanes) is 6. The molecule has 0 aromatic rings. The fourth-order valence-electron chi connectivity index (χ4n) is 6.71. The number of phosphoric acid groups is 2. The van der Waals surface area contributed by atoms with Crippen LogP contribution in [-0.2, 0) is 41.8 Å². The zero-order valence-corrected chi connectivity index (χ0v) is 44.0. The van der Waals surface area contributed by atoms with Gasteiger partial charge >= 0.3 is 27.6 Å².